The molecule has 0 unspecified atom stereocenters. The quantitative estimate of drug-likeness (QED) is 0.725. The Kier molecular flexibility index (Phi) is 6.71. The molecule has 0 atom stereocenters. The lowest BCUT2D eigenvalue weighted by Gasteiger charge is -2.12. The fourth-order valence-electron chi connectivity index (χ4n) is 2.66. The smallest absolute Gasteiger partial charge is 0.253 e. The van der Waals surface area contributed by atoms with Gasteiger partial charge in [-0.2, -0.15) is 0 Å². The molecule has 0 bridgehead atoms. The van der Waals surface area contributed by atoms with E-state index in [1.807, 2.05) is 0 Å². The lowest BCUT2D eigenvalue weighted by molar-refractivity contribution is -0.116. The summed E-state index contributed by atoms with van der Waals surface area (Å²) in [6.07, 6.45) is 1.03. The summed E-state index contributed by atoms with van der Waals surface area (Å²) in [5, 5.41) is 5.56. The first-order valence-corrected chi connectivity index (χ1v) is 8.44. The van der Waals surface area contributed by atoms with Gasteiger partial charge in [0, 0.05) is 19.5 Å². The highest BCUT2D eigenvalue weighted by molar-refractivity contribution is 6.03. The summed E-state index contributed by atoms with van der Waals surface area (Å²) in [6, 6.07) is 13.2. The molecule has 0 heterocycles. The van der Waals surface area contributed by atoms with Crippen molar-refractivity contribution in [3.8, 4) is 0 Å². The summed E-state index contributed by atoms with van der Waals surface area (Å²) in [6.45, 7) is 4.87. The van der Waals surface area contributed by atoms with Gasteiger partial charge in [-0.1, -0.05) is 35.9 Å². The zero-order valence-corrected chi connectivity index (χ0v) is 14.8. The van der Waals surface area contributed by atoms with Crippen LogP contribution in [0.15, 0.2) is 42.5 Å². The van der Waals surface area contributed by atoms with Gasteiger partial charge in [-0.3, -0.25) is 9.59 Å². The monoisotopic (exact) mass is 339 g/mol. The Morgan fingerprint density at radius 3 is 2.56 bits per heavy atom. The topological polar surface area (TPSA) is 84.2 Å². The van der Waals surface area contributed by atoms with Gasteiger partial charge in [0.05, 0.1) is 11.3 Å². The summed E-state index contributed by atoms with van der Waals surface area (Å²) in [5.41, 5.74) is 9.92. The average molecular weight is 339 g/mol. The number of anilines is 1. The van der Waals surface area contributed by atoms with Crippen molar-refractivity contribution in [1.29, 1.82) is 0 Å². The fourth-order valence-corrected chi connectivity index (χ4v) is 2.66. The normalized spacial score (nSPS) is 10.4. The molecule has 0 spiro atoms. The Morgan fingerprint density at radius 2 is 1.84 bits per heavy atom. The second kappa shape index (κ2) is 8.99. The zero-order chi connectivity index (χ0) is 18.2. The van der Waals surface area contributed by atoms with Gasteiger partial charge in [-0.05, 0) is 43.5 Å². The van der Waals surface area contributed by atoms with Crippen LogP contribution in [0.4, 0.5) is 5.69 Å². The minimum atomic E-state index is -0.240. The predicted molar refractivity (Wildman–Crippen MR) is 101 cm³/mol. The minimum Gasteiger partial charge on any atom is -0.351 e. The van der Waals surface area contributed by atoms with Crippen LogP contribution in [0.5, 0.6) is 0 Å². The largest absolute Gasteiger partial charge is 0.351 e. The van der Waals surface area contributed by atoms with Crippen molar-refractivity contribution >= 4 is 17.5 Å². The van der Waals surface area contributed by atoms with Crippen LogP contribution in [0.1, 0.15) is 33.5 Å². The van der Waals surface area contributed by atoms with E-state index in [0.29, 0.717) is 37.2 Å². The van der Waals surface area contributed by atoms with E-state index >= 15 is 0 Å². The number of carbonyl (C=O) groups is 2. The molecular formula is C20H25N3O2. The van der Waals surface area contributed by atoms with E-state index in [9.17, 15) is 9.59 Å². The number of hydrogen-bond acceptors (Lipinski definition) is 3. The van der Waals surface area contributed by atoms with Crippen LogP contribution in [0.3, 0.4) is 0 Å². The molecule has 2 aromatic rings. The fraction of sp³-hybridized carbons (Fsp3) is 0.300. The summed E-state index contributed by atoms with van der Waals surface area (Å²) >= 11 is 0. The van der Waals surface area contributed by atoms with E-state index in [-0.39, 0.29) is 11.8 Å². The van der Waals surface area contributed by atoms with Crippen molar-refractivity contribution < 1.29 is 9.59 Å². The molecule has 2 amide bonds. The Labute approximate surface area is 148 Å². The molecular weight excluding hydrogens is 314 g/mol. The van der Waals surface area contributed by atoms with Gasteiger partial charge in [0.25, 0.3) is 5.91 Å². The van der Waals surface area contributed by atoms with Crippen molar-refractivity contribution in [2.45, 2.75) is 26.7 Å². The van der Waals surface area contributed by atoms with Crippen LogP contribution in [-0.2, 0) is 11.2 Å². The molecule has 2 rings (SSSR count). The van der Waals surface area contributed by atoms with Crippen LogP contribution in [0.25, 0.3) is 0 Å². The lowest BCUT2D eigenvalue weighted by atomic mass is 10.0. The maximum atomic E-state index is 12.3. The maximum absolute atomic E-state index is 12.3. The van der Waals surface area contributed by atoms with Crippen LogP contribution in [-0.4, -0.2) is 24.9 Å². The first-order chi connectivity index (χ1) is 12.0. The van der Waals surface area contributed by atoms with Crippen molar-refractivity contribution in [2.75, 3.05) is 18.4 Å². The minimum absolute atomic E-state index is 0.112. The van der Waals surface area contributed by atoms with E-state index in [4.69, 9.17) is 5.73 Å². The number of benzene rings is 2. The van der Waals surface area contributed by atoms with Crippen LogP contribution in [0, 0.1) is 13.8 Å². The summed E-state index contributed by atoms with van der Waals surface area (Å²) in [4.78, 5) is 24.4. The molecule has 0 fully saturated rings. The van der Waals surface area contributed by atoms with Crippen LogP contribution in [0.2, 0.25) is 0 Å². The number of amides is 2. The first-order valence-electron chi connectivity index (χ1n) is 8.44. The summed E-state index contributed by atoms with van der Waals surface area (Å²) in [5.74, 6) is -0.352. The number of carbonyl (C=O) groups excluding carboxylic acids is 2. The molecule has 0 radical (unpaired) electrons. The third-order valence-electron chi connectivity index (χ3n) is 4.00. The highest BCUT2D eigenvalue weighted by Crippen LogP contribution is 2.17. The van der Waals surface area contributed by atoms with Crippen LogP contribution < -0.4 is 16.4 Å². The van der Waals surface area contributed by atoms with Gasteiger partial charge in [-0.25, -0.2) is 0 Å². The van der Waals surface area contributed by atoms with E-state index in [1.165, 1.54) is 11.1 Å². The molecule has 0 aliphatic heterocycles. The molecule has 5 heteroatoms. The highest BCUT2D eigenvalue weighted by Gasteiger charge is 2.12. The number of aryl methyl sites for hydroxylation is 3. The molecule has 5 nitrogen and oxygen atoms in total. The van der Waals surface area contributed by atoms with Crippen molar-refractivity contribution in [3.63, 3.8) is 0 Å². The third kappa shape index (κ3) is 5.43. The number of para-hydroxylation sites is 1. The van der Waals surface area contributed by atoms with E-state index in [1.54, 1.807) is 24.3 Å². The Morgan fingerprint density at radius 1 is 1.08 bits per heavy atom. The third-order valence-corrected chi connectivity index (χ3v) is 4.00. The average Bonchev–Trinajstić information content (AvgIpc) is 2.59. The molecule has 4 N–H and O–H groups in total. The molecule has 2 aromatic carbocycles. The Hall–Kier alpha value is -2.66. The Balaban J connectivity index is 1.99. The first kappa shape index (κ1) is 18.7. The van der Waals surface area contributed by atoms with Crippen molar-refractivity contribution in [1.82, 2.24) is 5.32 Å². The predicted octanol–water partition coefficient (Wildman–Crippen LogP) is 2.56. The SMILES string of the molecule is Cc1ccc(CCC(=O)Nc2ccccc2C(=O)NCCN)c(C)c1. The van der Waals surface area contributed by atoms with Crippen molar-refractivity contribution in [3.05, 3.63) is 64.7 Å². The highest BCUT2D eigenvalue weighted by atomic mass is 16.2. The molecule has 0 aromatic heterocycles. The number of nitrogens with two attached hydrogens (primary N) is 1. The number of nitrogens with one attached hydrogen (secondary N) is 2. The lowest BCUT2D eigenvalue weighted by Crippen LogP contribution is -2.30. The molecule has 0 saturated heterocycles. The van der Waals surface area contributed by atoms with Gasteiger partial charge in [0.2, 0.25) is 5.91 Å². The van der Waals surface area contributed by atoms with Gasteiger partial charge in [0.15, 0.2) is 0 Å². The second-order valence-electron chi connectivity index (χ2n) is 6.07. The Bertz CT molecular complexity index is 756. The van der Waals surface area contributed by atoms with E-state index in [2.05, 4.69) is 42.7 Å². The molecule has 132 valence electrons. The second-order valence-corrected chi connectivity index (χ2v) is 6.07. The summed E-state index contributed by atoms with van der Waals surface area (Å²) in [7, 11) is 0. The maximum Gasteiger partial charge on any atom is 0.253 e. The van der Waals surface area contributed by atoms with E-state index in [0.717, 1.165) is 5.56 Å². The van der Waals surface area contributed by atoms with Gasteiger partial charge < -0.3 is 16.4 Å². The molecule has 0 aliphatic rings. The van der Waals surface area contributed by atoms with Gasteiger partial charge >= 0.3 is 0 Å². The standard InChI is InChI=1S/C20H25N3O2/c1-14-7-8-16(15(2)13-14)9-10-19(24)23-18-6-4-3-5-17(18)20(25)22-12-11-21/h3-8,13H,9-12,21H2,1-2H3,(H,22,25)(H,23,24). The van der Waals surface area contributed by atoms with Crippen LogP contribution >= 0.6 is 0 Å². The molecule has 25 heavy (non-hydrogen) atoms. The molecule has 0 saturated carbocycles. The summed E-state index contributed by atoms with van der Waals surface area (Å²) < 4.78 is 0. The zero-order valence-electron chi connectivity index (χ0n) is 14.8. The van der Waals surface area contributed by atoms with Gasteiger partial charge in [0.1, 0.15) is 0 Å². The number of hydrogen-bond donors (Lipinski definition) is 3. The van der Waals surface area contributed by atoms with Crippen molar-refractivity contribution in [2.24, 2.45) is 5.73 Å². The number of rotatable bonds is 7. The van der Waals surface area contributed by atoms with Gasteiger partial charge in [-0.15, -0.1) is 0 Å². The molecule has 0 aliphatic carbocycles. The van der Waals surface area contributed by atoms with E-state index < -0.39 is 0 Å².